The number of amides is 1. The Morgan fingerprint density at radius 1 is 1.47 bits per heavy atom. The van der Waals surface area contributed by atoms with Crippen LogP contribution in [0.2, 0.25) is 0 Å². The lowest BCUT2D eigenvalue weighted by Crippen LogP contribution is -2.36. The lowest BCUT2D eigenvalue weighted by Gasteiger charge is -2.12. The van der Waals surface area contributed by atoms with Crippen LogP contribution in [0.1, 0.15) is 16.8 Å². The molecule has 1 aliphatic rings. The van der Waals surface area contributed by atoms with Gasteiger partial charge >= 0.3 is 0 Å². The Bertz CT molecular complexity index is 452. The Morgan fingerprint density at radius 2 is 2.18 bits per heavy atom. The second-order valence-electron chi connectivity index (χ2n) is 4.01. The van der Waals surface area contributed by atoms with E-state index in [1.54, 1.807) is 4.90 Å². The highest BCUT2D eigenvalue weighted by Crippen LogP contribution is 2.09. The van der Waals surface area contributed by atoms with Crippen LogP contribution in [0, 0.1) is 17.3 Å². The van der Waals surface area contributed by atoms with E-state index in [-0.39, 0.29) is 17.8 Å². The Labute approximate surface area is 98.6 Å². The molecular formula is C12H12FN3O. The van der Waals surface area contributed by atoms with Crippen LogP contribution in [-0.4, -0.2) is 29.9 Å². The monoisotopic (exact) mass is 233 g/mol. The molecule has 1 aliphatic heterocycles. The number of likely N-dealkylation sites (tertiary alicyclic amines) is 1. The van der Waals surface area contributed by atoms with Crippen molar-refractivity contribution in [3.8, 4) is 6.19 Å². The molecule has 88 valence electrons. The van der Waals surface area contributed by atoms with Crippen molar-refractivity contribution in [2.24, 2.45) is 0 Å². The molecule has 0 aromatic heterocycles. The van der Waals surface area contributed by atoms with Gasteiger partial charge in [0.2, 0.25) is 0 Å². The molecule has 1 heterocycles. The van der Waals surface area contributed by atoms with E-state index in [2.05, 4.69) is 5.32 Å². The number of carbonyl (C=O) groups is 1. The van der Waals surface area contributed by atoms with Gasteiger partial charge in [0.15, 0.2) is 6.19 Å². The zero-order valence-electron chi connectivity index (χ0n) is 9.19. The van der Waals surface area contributed by atoms with E-state index in [1.807, 2.05) is 6.19 Å². The summed E-state index contributed by atoms with van der Waals surface area (Å²) in [5, 5.41) is 11.5. The fourth-order valence-electron chi connectivity index (χ4n) is 1.84. The third kappa shape index (κ3) is 2.72. The summed E-state index contributed by atoms with van der Waals surface area (Å²) in [6.45, 7) is 1.22. The SMILES string of the molecule is N#CN1CC[C@@H](NC(=O)c2ccc(F)cc2)C1. The summed E-state index contributed by atoms with van der Waals surface area (Å²) in [5.74, 6) is -0.590. The van der Waals surface area contributed by atoms with Crippen LogP contribution >= 0.6 is 0 Å². The van der Waals surface area contributed by atoms with Crippen LogP contribution in [-0.2, 0) is 0 Å². The fourth-order valence-corrected chi connectivity index (χ4v) is 1.84. The van der Waals surface area contributed by atoms with E-state index >= 15 is 0 Å². The van der Waals surface area contributed by atoms with Gasteiger partial charge in [-0.25, -0.2) is 4.39 Å². The lowest BCUT2D eigenvalue weighted by molar-refractivity contribution is 0.0939. The number of hydrogen-bond donors (Lipinski definition) is 1. The molecule has 0 unspecified atom stereocenters. The summed E-state index contributed by atoms with van der Waals surface area (Å²) in [4.78, 5) is 13.4. The third-order valence-corrected chi connectivity index (χ3v) is 2.77. The minimum Gasteiger partial charge on any atom is -0.347 e. The van der Waals surface area contributed by atoms with Gasteiger partial charge in [0.25, 0.3) is 5.91 Å². The summed E-state index contributed by atoms with van der Waals surface area (Å²) in [5.41, 5.74) is 0.432. The first-order valence-electron chi connectivity index (χ1n) is 5.40. The van der Waals surface area contributed by atoms with Crippen LogP contribution in [0.15, 0.2) is 24.3 Å². The summed E-state index contributed by atoms with van der Waals surface area (Å²) >= 11 is 0. The van der Waals surface area contributed by atoms with E-state index < -0.39 is 0 Å². The van der Waals surface area contributed by atoms with Crippen LogP contribution < -0.4 is 5.32 Å². The molecule has 1 aromatic carbocycles. The predicted molar refractivity (Wildman–Crippen MR) is 59.5 cm³/mol. The Kier molecular flexibility index (Phi) is 3.24. The maximum atomic E-state index is 12.7. The fraction of sp³-hybridized carbons (Fsp3) is 0.333. The quantitative estimate of drug-likeness (QED) is 0.778. The third-order valence-electron chi connectivity index (χ3n) is 2.77. The van der Waals surface area contributed by atoms with Crippen molar-refractivity contribution in [3.05, 3.63) is 35.6 Å². The molecule has 0 saturated carbocycles. The lowest BCUT2D eigenvalue weighted by atomic mass is 10.2. The van der Waals surface area contributed by atoms with Crippen molar-refractivity contribution in [1.82, 2.24) is 10.2 Å². The van der Waals surface area contributed by atoms with Gasteiger partial charge < -0.3 is 10.2 Å². The number of carbonyl (C=O) groups excluding carboxylic acids is 1. The largest absolute Gasteiger partial charge is 0.347 e. The smallest absolute Gasteiger partial charge is 0.251 e. The summed E-state index contributed by atoms with van der Waals surface area (Å²) in [7, 11) is 0. The Morgan fingerprint density at radius 3 is 2.76 bits per heavy atom. The summed E-state index contributed by atoms with van der Waals surface area (Å²) in [6.07, 6.45) is 2.81. The first kappa shape index (κ1) is 11.4. The van der Waals surface area contributed by atoms with Gasteiger partial charge in [0, 0.05) is 24.7 Å². The molecule has 17 heavy (non-hydrogen) atoms. The van der Waals surface area contributed by atoms with Crippen molar-refractivity contribution >= 4 is 5.91 Å². The molecule has 5 heteroatoms. The predicted octanol–water partition coefficient (Wildman–Crippen LogP) is 1.11. The molecule has 2 rings (SSSR count). The molecule has 0 spiro atoms. The standard InChI is InChI=1S/C12H12FN3O/c13-10-3-1-9(2-4-10)12(17)15-11-5-6-16(7-11)8-14/h1-4,11H,5-7H2,(H,15,17)/t11-/m1/s1. The number of nitrogens with one attached hydrogen (secondary N) is 1. The molecule has 1 N–H and O–H groups in total. The Balaban J connectivity index is 1.94. The molecule has 1 amide bonds. The van der Waals surface area contributed by atoms with Gasteiger partial charge in [0.1, 0.15) is 5.82 Å². The van der Waals surface area contributed by atoms with Crippen molar-refractivity contribution in [1.29, 1.82) is 5.26 Å². The maximum Gasteiger partial charge on any atom is 0.251 e. The Hall–Kier alpha value is -2.09. The zero-order valence-corrected chi connectivity index (χ0v) is 9.19. The molecule has 0 radical (unpaired) electrons. The van der Waals surface area contributed by atoms with Crippen molar-refractivity contribution in [2.45, 2.75) is 12.5 Å². The second kappa shape index (κ2) is 4.83. The minimum atomic E-state index is -0.363. The van der Waals surface area contributed by atoms with E-state index in [9.17, 15) is 9.18 Å². The maximum absolute atomic E-state index is 12.7. The number of nitrogens with zero attached hydrogens (tertiary/aromatic N) is 2. The average molecular weight is 233 g/mol. The van der Waals surface area contributed by atoms with Crippen LogP contribution in [0.4, 0.5) is 4.39 Å². The van der Waals surface area contributed by atoms with E-state index in [0.29, 0.717) is 18.7 Å². The first-order chi connectivity index (χ1) is 8.19. The highest BCUT2D eigenvalue weighted by atomic mass is 19.1. The van der Waals surface area contributed by atoms with E-state index in [0.717, 1.165) is 6.42 Å². The summed E-state index contributed by atoms with van der Waals surface area (Å²) < 4.78 is 12.7. The molecule has 1 atom stereocenters. The molecule has 4 nitrogen and oxygen atoms in total. The molecule has 1 fully saturated rings. The number of hydrogen-bond acceptors (Lipinski definition) is 3. The van der Waals surface area contributed by atoms with Crippen LogP contribution in [0.3, 0.4) is 0 Å². The van der Waals surface area contributed by atoms with E-state index in [4.69, 9.17) is 5.26 Å². The van der Waals surface area contributed by atoms with Gasteiger partial charge in [-0.1, -0.05) is 0 Å². The molecular weight excluding hydrogens is 221 g/mol. The van der Waals surface area contributed by atoms with Crippen molar-refractivity contribution < 1.29 is 9.18 Å². The number of nitriles is 1. The van der Waals surface area contributed by atoms with Gasteiger partial charge in [0.05, 0.1) is 0 Å². The van der Waals surface area contributed by atoms with Gasteiger partial charge in [-0.2, -0.15) is 5.26 Å². The molecule has 0 bridgehead atoms. The highest BCUT2D eigenvalue weighted by molar-refractivity contribution is 5.94. The van der Waals surface area contributed by atoms with Gasteiger partial charge in [-0.05, 0) is 30.7 Å². The number of rotatable bonds is 2. The highest BCUT2D eigenvalue weighted by Gasteiger charge is 2.23. The van der Waals surface area contributed by atoms with Crippen molar-refractivity contribution in [3.63, 3.8) is 0 Å². The topological polar surface area (TPSA) is 56.1 Å². The van der Waals surface area contributed by atoms with E-state index in [1.165, 1.54) is 24.3 Å². The minimum absolute atomic E-state index is 0.00722. The van der Waals surface area contributed by atoms with Crippen LogP contribution in [0.5, 0.6) is 0 Å². The second-order valence-corrected chi connectivity index (χ2v) is 4.01. The first-order valence-corrected chi connectivity index (χ1v) is 5.40. The molecule has 1 saturated heterocycles. The molecule has 0 aliphatic carbocycles. The normalized spacial score (nSPS) is 18.8. The van der Waals surface area contributed by atoms with Gasteiger partial charge in [-0.3, -0.25) is 4.79 Å². The zero-order chi connectivity index (χ0) is 12.3. The van der Waals surface area contributed by atoms with Crippen LogP contribution in [0.25, 0.3) is 0 Å². The number of benzene rings is 1. The average Bonchev–Trinajstić information content (AvgIpc) is 2.77. The van der Waals surface area contributed by atoms with Crippen molar-refractivity contribution in [2.75, 3.05) is 13.1 Å². The number of halogens is 1. The summed E-state index contributed by atoms with van der Waals surface area (Å²) in [6, 6.07) is 5.40. The molecule has 1 aromatic rings. The van der Waals surface area contributed by atoms with Gasteiger partial charge in [-0.15, -0.1) is 0 Å².